The first-order valence-corrected chi connectivity index (χ1v) is 10.8. The highest BCUT2D eigenvalue weighted by Crippen LogP contribution is 2.13. The zero-order chi connectivity index (χ0) is 25.3. The number of carbonyl (C=O) groups excluding carboxylic acids is 1. The van der Waals surface area contributed by atoms with Crippen LogP contribution in [0.5, 0.6) is 0 Å². The third-order valence-corrected chi connectivity index (χ3v) is 4.66. The van der Waals surface area contributed by atoms with Crippen LogP contribution in [0, 0.1) is 11.6 Å². The zero-order valence-electron chi connectivity index (χ0n) is 19.4. The number of amides is 2. The molecule has 2 atom stereocenters. The van der Waals surface area contributed by atoms with E-state index in [1.54, 1.807) is 32.9 Å². The van der Waals surface area contributed by atoms with Crippen LogP contribution in [0.1, 0.15) is 37.5 Å². The average molecular weight is 480 g/mol. The van der Waals surface area contributed by atoms with E-state index in [1.807, 2.05) is 12.1 Å². The first-order valence-electron chi connectivity index (χ1n) is 10.8. The molecule has 0 radical (unpaired) electrons. The molecular formula is C24H31F2N3O5. The molecule has 0 unspecified atom stereocenters. The topological polar surface area (TPSA) is 120 Å². The molecule has 0 aliphatic carbocycles. The lowest BCUT2D eigenvalue weighted by Gasteiger charge is -2.27. The van der Waals surface area contributed by atoms with Crippen LogP contribution in [-0.2, 0) is 24.2 Å². The van der Waals surface area contributed by atoms with E-state index in [0.29, 0.717) is 6.54 Å². The summed E-state index contributed by atoms with van der Waals surface area (Å²) in [5, 5.41) is 27.4. The van der Waals surface area contributed by atoms with Gasteiger partial charge in [0.2, 0.25) is 0 Å². The van der Waals surface area contributed by atoms with Crippen LogP contribution in [0.3, 0.4) is 0 Å². The fourth-order valence-corrected chi connectivity index (χ4v) is 3.26. The van der Waals surface area contributed by atoms with Crippen LogP contribution in [0.25, 0.3) is 0 Å². The van der Waals surface area contributed by atoms with Gasteiger partial charge in [-0.15, -0.1) is 0 Å². The average Bonchev–Trinajstić information content (AvgIpc) is 2.70. The second kappa shape index (κ2) is 12.3. The molecule has 2 aromatic carbocycles. The van der Waals surface area contributed by atoms with E-state index in [4.69, 9.17) is 9.84 Å². The van der Waals surface area contributed by atoms with E-state index in [9.17, 15) is 23.5 Å². The number of alkyl carbamates (subject to hydrolysis) is 1. The first-order chi connectivity index (χ1) is 15.9. The molecule has 34 heavy (non-hydrogen) atoms. The first kappa shape index (κ1) is 27.0. The molecule has 0 saturated carbocycles. The molecule has 0 fully saturated rings. The minimum Gasteiger partial charge on any atom is -0.465 e. The molecule has 10 heteroatoms. The molecule has 0 spiro atoms. The third-order valence-electron chi connectivity index (χ3n) is 4.66. The Morgan fingerprint density at radius 1 is 1.00 bits per heavy atom. The molecule has 8 nitrogen and oxygen atoms in total. The summed E-state index contributed by atoms with van der Waals surface area (Å²) in [5.74, 6) is -1.51. The van der Waals surface area contributed by atoms with Gasteiger partial charge in [-0.2, -0.15) is 0 Å². The zero-order valence-corrected chi connectivity index (χ0v) is 19.4. The second-order valence-electron chi connectivity index (χ2n) is 8.91. The maximum absolute atomic E-state index is 13.6. The number of aliphatic hydroxyl groups excluding tert-OH is 1. The Hall–Kier alpha value is -3.24. The Morgan fingerprint density at radius 2 is 1.62 bits per heavy atom. The normalized spacial score (nSPS) is 13.1. The number of nitrogens with one attached hydrogen (secondary N) is 3. The lowest BCUT2D eigenvalue weighted by atomic mass is 10.0. The number of ether oxygens (including phenoxy) is 1. The van der Waals surface area contributed by atoms with Crippen molar-refractivity contribution in [2.75, 3.05) is 6.54 Å². The summed E-state index contributed by atoms with van der Waals surface area (Å²) in [6.45, 7) is 5.68. The number of benzene rings is 2. The van der Waals surface area contributed by atoms with Gasteiger partial charge in [-0.3, -0.25) is 0 Å². The summed E-state index contributed by atoms with van der Waals surface area (Å²) in [5.41, 5.74) is 1.15. The highest BCUT2D eigenvalue weighted by Gasteiger charge is 2.25. The van der Waals surface area contributed by atoms with E-state index in [-0.39, 0.29) is 25.1 Å². The number of halogens is 2. The van der Waals surface area contributed by atoms with Crippen LogP contribution < -0.4 is 16.0 Å². The summed E-state index contributed by atoms with van der Waals surface area (Å²) >= 11 is 0. The van der Waals surface area contributed by atoms with Crippen molar-refractivity contribution < 1.29 is 33.3 Å². The molecule has 0 saturated heterocycles. The number of rotatable bonds is 10. The maximum Gasteiger partial charge on any atom is 0.407 e. The maximum atomic E-state index is 13.6. The van der Waals surface area contributed by atoms with Gasteiger partial charge in [0.05, 0.1) is 12.1 Å². The number of aliphatic hydroxyl groups is 1. The fraction of sp³-hybridized carbons (Fsp3) is 0.417. The van der Waals surface area contributed by atoms with Crippen LogP contribution in [-0.4, -0.2) is 46.7 Å². The van der Waals surface area contributed by atoms with Crippen LogP contribution in [0.2, 0.25) is 0 Å². The molecule has 0 aromatic heterocycles. The fourth-order valence-electron chi connectivity index (χ4n) is 3.26. The van der Waals surface area contributed by atoms with Gasteiger partial charge < -0.3 is 30.9 Å². The van der Waals surface area contributed by atoms with Crippen molar-refractivity contribution in [1.29, 1.82) is 0 Å². The summed E-state index contributed by atoms with van der Waals surface area (Å²) in [6, 6.07) is 9.39. The van der Waals surface area contributed by atoms with Crippen molar-refractivity contribution >= 4 is 12.2 Å². The van der Waals surface area contributed by atoms with Gasteiger partial charge in [-0.1, -0.05) is 24.3 Å². The lowest BCUT2D eigenvalue weighted by Crippen LogP contribution is -2.49. The Bertz CT molecular complexity index is 961. The van der Waals surface area contributed by atoms with Gasteiger partial charge in [-0.25, -0.2) is 18.4 Å². The van der Waals surface area contributed by atoms with Crippen LogP contribution in [0.15, 0.2) is 42.5 Å². The molecule has 0 bridgehead atoms. The van der Waals surface area contributed by atoms with Crippen molar-refractivity contribution in [2.24, 2.45) is 0 Å². The van der Waals surface area contributed by atoms with E-state index < -0.39 is 41.6 Å². The van der Waals surface area contributed by atoms with Crippen LogP contribution in [0.4, 0.5) is 18.4 Å². The summed E-state index contributed by atoms with van der Waals surface area (Å²) in [7, 11) is 0. The van der Waals surface area contributed by atoms with E-state index in [2.05, 4.69) is 16.0 Å². The summed E-state index contributed by atoms with van der Waals surface area (Å²) in [4.78, 5) is 22.9. The Balaban J connectivity index is 2.02. The Morgan fingerprint density at radius 3 is 2.21 bits per heavy atom. The van der Waals surface area contributed by atoms with Gasteiger partial charge in [0.15, 0.2) is 0 Å². The van der Waals surface area contributed by atoms with Crippen LogP contribution >= 0.6 is 0 Å². The highest BCUT2D eigenvalue weighted by atomic mass is 19.1. The molecule has 0 aliphatic rings. The van der Waals surface area contributed by atoms with Crippen molar-refractivity contribution in [3.05, 3.63) is 70.8 Å². The van der Waals surface area contributed by atoms with E-state index in [1.165, 1.54) is 0 Å². The molecule has 2 rings (SSSR count). The lowest BCUT2D eigenvalue weighted by molar-refractivity contribution is 0.0422. The third kappa shape index (κ3) is 10.1. The predicted molar refractivity (Wildman–Crippen MR) is 122 cm³/mol. The smallest absolute Gasteiger partial charge is 0.407 e. The SMILES string of the molecule is CC(C)(C)OC(=O)N[C@@H](Cc1cc(F)cc(F)c1)[C@H](O)CNCc1cccc(CNC(=O)O)c1. The molecule has 2 amide bonds. The minimum absolute atomic E-state index is 0.0207. The molecule has 2 aromatic rings. The van der Waals surface area contributed by atoms with Gasteiger partial charge >= 0.3 is 12.2 Å². The number of hydrogen-bond acceptors (Lipinski definition) is 5. The highest BCUT2D eigenvalue weighted by molar-refractivity contribution is 5.68. The minimum atomic E-state index is -1.12. The number of carboxylic acid groups (broad SMARTS) is 1. The van der Waals surface area contributed by atoms with Crippen molar-refractivity contribution in [2.45, 2.75) is 58.0 Å². The Kier molecular flexibility index (Phi) is 9.76. The standard InChI is InChI=1S/C24H31F2N3O5/c1-24(2,3)34-23(33)29-20(10-17-8-18(25)11-19(26)9-17)21(30)14-27-12-15-5-4-6-16(7-15)13-28-22(31)32/h4-9,11,20-21,27-28,30H,10,12-14H2,1-3H3,(H,29,33)(H,31,32)/t20-,21+/m0/s1. The monoisotopic (exact) mass is 479 g/mol. The summed E-state index contributed by atoms with van der Waals surface area (Å²) < 4.78 is 32.5. The van der Waals surface area contributed by atoms with Gasteiger partial charge in [0, 0.05) is 25.7 Å². The second-order valence-corrected chi connectivity index (χ2v) is 8.91. The molecule has 5 N–H and O–H groups in total. The van der Waals surface area contributed by atoms with Gasteiger partial charge in [0.1, 0.15) is 17.2 Å². The summed E-state index contributed by atoms with van der Waals surface area (Å²) in [6.07, 6.45) is -3.00. The quantitative estimate of drug-likeness (QED) is 0.357. The van der Waals surface area contributed by atoms with E-state index in [0.717, 1.165) is 29.3 Å². The molecule has 0 heterocycles. The van der Waals surface area contributed by atoms with Crippen molar-refractivity contribution in [3.8, 4) is 0 Å². The van der Waals surface area contributed by atoms with E-state index >= 15 is 0 Å². The predicted octanol–water partition coefficient (Wildman–Crippen LogP) is 3.32. The van der Waals surface area contributed by atoms with Crippen molar-refractivity contribution in [3.63, 3.8) is 0 Å². The molecular weight excluding hydrogens is 448 g/mol. The largest absolute Gasteiger partial charge is 0.465 e. The van der Waals surface area contributed by atoms with Crippen molar-refractivity contribution in [1.82, 2.24) is 16.0 Å². The molecule has 0 aliphatic heterocycles. The van der Waals surface area contributed by atoms with Gasteiger partial charge in [0.25, 0.3) is 0 Å². The Labute approximate surface area is 197 Å². The molecule has 186 valence electrons. The number of carbonyl (C=O) groups is 2. The van der Waals surface area contributed by atoms with Gasteiger partial charge in [-0.05, 0) is 56.0 Å². The number of hydrogen-bond donors (Lipinski definition) is 5.